The molecule has 0 aromatic heterocycles. The molecule has 192 valence electrons. The van der Waals surface area contributed by atoms with E-state index in [1.54, 1.807) is 27.7 Å². The monoisotopic (exact) mass is 728 g/mol. The van der Waals surface area contributed by atoms with E-state index in [1.807, 2.05) is 0 Å². The van der Waals surface area contributed by atoms with Crippen molar-refractivity contribution in [1.29, 1.82) is 0 Å². The Hall–Kier alpha value is -0.200. The van der Waals surface area contributed by atoms with Gasteiger partial charge < -0.3 is 18.9 Å². The number of halogens is 4. The minimum atomic E-state index is -1.27. The molecule has 0 aliphatic heterocycles. The van der Waals surface area contributed by atoms with Crippen molar-refractivity contribution in [2.75, 3.05) is 47.7 Å². The van der Waals surface area contributed by atoms with Gasteiger partial charge in [-0.25, -0.2) is 0 Å². The lowest BCUT2D eigenvalue weighted by Crippen LogP contribution is -2.45. The van der Waals surface area contributed by atoms with E-state index in [0.29, 0.717) is 21.3 Å². The summed E-state index contributed by atoms with van der Waals surface area (Å²) >= 11 is 12.9. The molecule has 4 unspecified atom stereocenters. The van der Waals surface area contributed by atoms with Gasteiger partial charge in [-0.1, -0.05) is 91.4 Å². The van der Waals surface area contributed by atoms with Crippen molar-refractivity contribution < 1.29 is 38.1 Å². The zero-order valence-corrected chi connectivity index (χ0v) is 25.6. The maximum absolute atomic E-state index is 12.3. The fraction of sp³-hybridized carbons (Fsp3) is 0.810. The van der Waals surface area contributed by atoms with Gasteiger partial charge in [0.15, 0.2) is 0 Å². The molecule has 0 N–H and O–H groups in total. The summed E-state index contributed by atoms with van der Waals surface area (Å²) < 4.78 is 21.8. The molecular weight excluding hydrogens is 700 g/mol. The van der Waals surface area contributed by atoms with Crippen LogP contribution in [0.3, 0.4) is 0 Å². The molecule has 0 saturated heterocycles. The lowest BCUT2D eigenvalue weighted by atomic mass is 9.91. The second-order valence-corrected chi connectivity index (χ2v) is 10.7. The van der Waals surface area contributed by atoms with E-state index in [0.717, 1.165) is 0 Å². The topological polar surface area (TPSA) is 105 Å². The van der Waals surface area contributed by atoms with E-state index in [-0.39, 0.29) is 26.4 Å². The van der Waals surface area contributed by atoms with Crippen LogP contribution < -0.4 is 0 Å². The molecule has 0 saturated carbocycles. The first-order valence-corrected chi connectivity index (χ1v) is 14.9. The Bertz CT molecular complexity index is 536. The number of carbonyl (C=O) groups excluding carboxylic acids is 4. The van der Waals surface area contributed by atoms with Gasteiger partial charge >= 0.3 is 23.9 Å². The Balaban J connectivity index is 5.79. The highest BCUT2D eigenvalue weighted by Crippen LogP contribution is 2.24. The Morgan fingerprint density at radius 3 is 0.848 bits per heavy atom. The fourth-order valence-corrected chi connectivity index (χ4v) is 3.03. The Morgan fingerprint density at radius 1 is 0.515 bits per heavy atom. The summed E-state index contributed by atoms with van der Waals surface area (Å²) in [6.45, 7) is 5.65. The molecule has 0 spiro atoms. The maximum Gasteiger partial charge on any atom is 0.309 e. The summed E-state index contributed by atoms with van der Waals surface area (Å²) in [4.78, 5) is 49.2. The first-order chi connectivity index (χ1) is 15.5. The summed E-state index contributed by atoms with van der Waals surface area (Å²) in [5.41, 5.74) is -1.27. The third kappa shape index (κ3) is 12.4. The molecule has 8 nitrogen and oxygen atoms in total. The van der Waals surface area contributed by atoms with Crippen LogP contribution in [-0.2, 0) is 38.1 Å². The van der Waals surface area contributed by atoms with Crippen LogP contribution in [-0.4, -0.2) is 71.6 Å². The molecule has 0 aromatic carbocycles. The number of hydrogen-bond acceptors (Lipinski definition) is 8. The van der Waals surface area contributed by atoms with Gasteiger partial charge in [-0.2, -0.15) is 0 Å². The third-order valence-corrected chi connectivity index (χ3v) is 8.50. The predicted octanol–water partition coefficient (Wildman–Crippen LogP) is 4.27. The van der Waals surface area contributed by atoms with Gasteiger partial charge in [0.25, 0.3) is 0 Å². The van der Waals surface area contributed by atoms with Gasteiger partial charge in [0.05, 0.1) is 23.7 Å². The second kappa shape index (κ2) is 17.3. The van der Waals surface area contributed by atoms with Crippen molar-refractivity contribution >= 4 is 87.6 Å². The summed E-state index contributed by atoms with van der Waals surface area (Å²) in [6, 6.07) is 0. The summed E-state index contributed by atoms with van der Waals surface area (Å²) in [7, 11) is 0. The molecule has 12 heteroatoms. The average molecular weight is 732 g/mol. The first kappa shape index (κ1) is 32.8. The van der Waals surface area contributed by atoms with E-state index in [2.05, 4.69) is 63.7 Å². The van der Waals surface area contributed by atoms with Crippen LogP contribution in [0.1, 0.15) is 27.7 Å². The maximum atomic E-state index is 12.3. The predicted molar refractivity (Wildman–Crippen MR) is 138 cm³/mol. The van der Waals surface area contributed by atoms with E-state index < -0.39 is 53.0 Å². The number of carbonyl (C=O) groups is 4. The lowest BCUT2D eigenvalue weighted by molar-refractivity contribution is -0.174. The van der Waals surface area contributed by atoms with E-state index in [4.69, 9.17) is 18.9 Å². The average Bonchev–Trinajstić information content (AvgIpc) is 2.84. The van der Waals surface area contributed by atoms with E-state index in [1.165, 1.54) is 0 Å². The third-order valence-electron chi connectivity index (χ3n) is 4.62. The number of esters is 4. The van der Waals surface area contributed by atoms with Crippen LogP contribution in [0, 0.1) is 29.1 Å². The van der Waals surface area contributed by atoms with E-state index >= 15 is 0 Å². The molecule has 0 rings (SSSR count). The standard InChI is InChI=1S/C21H32Br4O8/c1-13(5-22)17(26)30-9-21(10-31-18(27)14(2)6-23,11-32-19(28)15(3)7-24)12-33-20(29)16(4)8-25/h13-16H,5-12H2,1-4H3. The van der Waals surface area contributed by atoms with Crippen LogP contribution in [0.2, 0.25) is 0 Å². The highest BCUT2D eigenvalue weighted by molar-refractivity contribution is 9.09. The largest absolute Gasteiger partial charge is 0.464 e. The highest BCUT2D eigenvalue weighted by Gasteiger charge is 2.39. The summed E-state index contributed by atoms with van der Waals surface area (Å²) in [6.07, 6.45) is 0. The van der Waals surface area contributed by atoms with Gasteiger partial charge in [0.1, 0.15) is 31.8 Å². The van der Waals surface area contributed by atoms with Crippen molar-refractivity contribution in [2.45, 2.75) is 27.7 Å². The molecule has 0 aliphatic carbocycles. The number of ether oxygens (including phenoxy) is 4. The van der Waals surface area contributed by atoms with Crippen molar-refractivity contribution in [2.24, 2.45) is 29.1 Å². The molecule has 0 aliphatic rings. The normalized spacial score (nSPS) is 16.5. The molecule has 33 heavy (non-hydrogen) atoms. The van der Waals surface area contributed by atoms with Gasteiger partial charge in [0.2, 0.25) is 0 Å². The van der Waals surface area contributed by atoms with Crippen molar-refractivity contribution in [3.63, 3.8) is 0 Å². The molecule has 0 radical (unpaired) electrons. The van der Waals surface area contributed by atoms with Gasteiger partial charge in [-0.15, -0.1) is 0 Å². The minimum Gasteiger partial charge on any atom is -0.464 e. The van der Waals surface area contributed by atoms with E-state index in [9.17, 15) is 19.2 Å². The number of hydrogen-bond donors (Lipinski definition) is 0. The minimum absolute atomic E-state index is 0.273. The van der Waals surface area contributed by atoms with Gasteiger partial charge in [-0.3, -0.25) is 19.2 Å². The number of alkyl halides is 4. The van der Waals surface area contributed by atoms with Crippen molar-refractivity contribution in [1.82, 2.24) is 0 Å². The zero-order valence-electron chi connectivity index (χ0n) is 19.2. The summed E-state index contributed by atoms with van der Waals surface area (Å²) in [5.74, 6) is -3.66. The lowest BCUT2D eigenvalue weighted by Gasteiger charge is -2.32. The number of rotatable bonds is 16. The molecular formula is C21H32Br4O8. The van der Waals surface area contributed by atoms with Gasteiger partial charge in [0, 0.05) is 21.3 Å². The first-order valence-electron chi connectivity index (χ1n) is 10.4. The molecule has 0 amide bonds. The fourth-order valence-electron chi connectivity index (χ4n) is 1.97. The van der Waals surface area contributed by atoms with Crippen LogP contribution in [0.4, 0.5) is 0 Å². The molecule has 0 heterocycles. The van der Waals surface area contributed by atoms with Crippen molar-refractivity contribution in [3.05, 3.63) is 0 Å². The van der Waals surface area contributed by atoms with Crippen LogP contribution in [0.5, 0.6) is 0 Å². The molecule has 0 bridgehead atoms. The molecule has 0 aromatic rings. The Kier molecular flexibility index (Phi) is 17.2. The quantitative estimate of drug-likeness (QED) is 0.132. The van der Waals surface area contributed by atoms with Crippen molar-refractivity contribution in [3.8, 4) is 0 Å². The van der Waals surface area contributed by atoms with Crippen LogP contribution in [0.25, 0.3) is 0 Å². The molecule has 4 atom stereocenters. The van der Waals surface area contributed by atoms with Crippen LogP contribution in [0.15, 0.2) is 0 Å². The highest BCUT2D eigenvalue weighted by atomic mass is 79.9. The summed E-state index contributed by atoms with van der Waals surface area (Å²) in [5, 5.41) is 1.58. The Morgan fingerprint density at radius 2 is 0.697 bits per heavy atom. The zero-order chi connectivity index (χ0) is 25.6. The Labute approximate surface area is 229 Å². The van der Waals surface area contributed by atoms with Gasteiger partial charge in [-0.05, 0) is 0 Å². The second-order valence-electron chi connectivity index (χ2n) is 8.15. The molecule has 0 fully saturated rings. The van der Waals surface area contributed by atoms with Crippen LogP contribution >= 0.6 is 63.7 Å². The SMILES string of the molecule is CC(CBr)C(=O)OCC(COC(=O)C(C)CBr)(COC(=O)C(C)CBr)COC(=O)C(C)CBr. The smallest absolute Gasteiger partial charge is 0.309 e.